The zero-order valence-corrected chi connectivity index (χ0v) is 12.0. The molecule has 22 heavy (non-hydrogen) atoms. The van der Waals surface area contributed by atoms with Gasteiger partial charge in [-0.25, -0.2) is 4.39 Å². The molecule has 0 atom stereocenters. The van der Waals surface area contributed by atoms with Crippen LogP contribution in [0.25, 0.3) is 12.2 Å². The van der Waals surface area contributed by atoms with E-state index in [0.29, 0.717) is 14.8 Å². The first-order chi connectivity index (χ1) is 10.6. The van der Waals surface area contributed by atoms with Crippen molar-refractivity contribution < 1.29 is 13.6 Å². The average Bonchev–Trinajstić information content (AvgIpc) is 3.12. The number of H-pyrrole nitrogens is 1. The van der Waals surface area contributed by atoms with Gasteiger partial charge in [0.05, 0.1) is 15.5 Å². The zero-order valence-electron chi connectivity index (χ0n) is 11.2. The maximum atomic E-state index is 13.6. The summed E-state index contributed by atoms with van der Waals surface area (Å²) in [5, 5.41) is 0. The lowest BCUT2D eigenvalue weighted by Gasteiger charge is -1.92. The predicted octanol–water partition coefficient (Wildman–Crippen LogP) is 1.66. The van der Waals surface area contributed by atoms with Gasteiger partial charge in [-0.05, 0) is 24.3 Å². The van der Waals surface area contributed by atoms with Gasteiger partial charge in [-0.2, -0.15) is 0 Å². The van der Waals surface area contributed by atoms with Crippen molar-refractivity contribution in [3.8, 4) is 0 Å². The molecule has 2 heterocycles. The van der Waals surface area contributed by atoms with Crippen molar-refractivity contribution in [1.29, 1.82) is 0 Å². The molecule has 0 aliphatic rings. The van der Waals surface area contributed by atoms with E-state index in [1.807, 2.05) is 0 Å². The molecule has 1 aromatic carbocycles. The van der Waals surface area contributed by atoms with Crippen molar-refractivity contribution in [2.24, 2.45) is 0 Å². The molecular formula is C16H10FNO3S. The minimum Gasteiger partial charge on any atom is -0.461 e. The molecule has 0 fully saturated rings. The Morgan fingerprint density at radius 3 is 2.77 bits per heavy atom. The van der Waals surface area contributed by atoms with Gasteiger partial charge in [0.2, 0.25) is 5.78 Å². The van der Waals surface area contributed by atoms with Gasteiger partial charge in [-0.15, -0.1) is 11.3 Å². The van der Waals surface area contributed by atoms with Gasteiger partial charge in [-0.3, -0.25) is 9.59 Å². The van der Waals surface area contributed by atoms with Crippen molar-refractivity contribution in [1.82, 2.24) is 4.98 Å². The van der Waals surface area contributed by atoms with Crippen molar-refractivity contribution in [3.05, 3.63) is 79.4 Å². The molecule has 0 aliphatic carbocycles. The SMILES string of the molecule is O=C(/C=c1/[nH]c(=O)/c(=C/c2ccccc2F)s1)c1ccco1. The van der Waals surface area contributed by atoms with Gasteiger partial charge < -0.3 is 9.40 Å². The van der Waals surface area contributed by atoms with E-state index in [4.69, 9.17) is 4.42 Å². The number of hydrogen-bond acceptors (Lipinski definition) is 4. The number of benzene rings is 1. The number of carbonyl (C=O) groups excluding carboxylic acids is 1. The number of nitrogens with one attached hydrogen (secondary N) is 1. The van der Waals surface area contributed by atoms with Crippen molar-refractivity contribution in [3.63, 3.8) is 0 Å². The van der Waals surface area contributed by atoms with Crippen LogP contribution in [0, 0.1) is 5.82 Å². The summed E-state index contributed by atoms with van der Waals surface area (Å²) in [7, 11) is 0. The Labute approximate surface area is 127 Å². The lowest BCUT2D eigenvalue weighted by molar-refractivity contribution is 0.103. The van der Waals surface area contributed by atoms with Crippen molar-refractivity contribution in [2.45, 2.75) is 0 Å². The highest BCUT2D eigenvalue weighted by Gasteiger charge is 2.05. The summed E-state index contributed by atoms with van der Waals surface area (Å²) in [5.41, 5.74) is -0.0505. The molecule has 0 bridgehead atoms. The number of ketones is 1. The van der Waals surface area contributed by atoms with Crippen LogP contribution in [-0.4, -0.2) is 10.8 Å². The molecule has 0 unspecified atom stereocenters. The third-order valence-corrected chi connectivity index (χ3v) is 3.86. The molecule has 0 spiro atoms. The Kier molecular flexibility index (Phi) is 3.84. The van der Waals surface area contributed by atoms with Crippen LogP contribution in [-0.2, 0) is 0 Å². The fraction of sp³-hybridized carbons (Fsp3) is 0. The van der Waals surface area contributed by atoms with E-state index in [9.17, 15) is 14.0 Å². The Hall–Kier alpha value is -2.73. The summed E-state index contributed by atoms with van der Waals surface area (Å²) in [5.74, 6) is -0.568. The fourth-order valence-electron chi connectivity index (χ4n) is 1.87. The van der Waals surface area contributed by atoms with Gasteiger partial charge in [0.1, 0.15) is 5.82 Å². The van der Waals surface area contributed by atoms with Crippen molar-refractivity contribution >= 4 is 29.3 Å². The summed E-state index contributed by atoms with van der Waals surface area (Å²) in [6.45, 7) is 0. The third kappa shape index (κ3) is 2.96. The van der Waals surface area contributed by atoms with Crippen LogP contribution in [0.1, 0.15) is 16.1 Å². The summed E-state index contributed by atoms with van der Waals surface area (Å²) >= 11 is 1.08. The molecule has 0 radical (unpaired) electrons. The first-order valence-electron chi connectivity index (χ1n) is 6.38. The number of thiazole rings is 1. The van der Waals surface area contributed by atoms with E-state index >= 15 is 0 Å². The number of carbonyl (C=O) groups is 1. The standard InChI is InChI=1S/C16H10FNO3S/c17-11-5-2-1-4-10(11)8-14-16(20)18-15(22-14)9-12(19)13-6-3-7-21-13/h1-9H,(H,18,20)/b14-8-,15-9-. The van der Waals surface area contributed by atoms with Crippen LogP contribution < -0.4 is 14.8 Å². The second kappa shape index (κ2) is 5.95. The molecular weight excluding hydrogens is 305 g/mol. The second-order valence-electron chi connectivity index (χ2n) is 4.44. The van der Waals surface area contributed by atoms with E-state index in [1.54, 1.807) is 24.3 Å². The highest BCUT2D eigenvalue weighted by atomic mass is 32.1. The third-order valence-electron chi connectivity index (χ3n) is 2.90. The molecule has 0 amide bonds. The summed E-state index contributed by atoms with van der Waals surface area (Å²) in [4.78, 5) is 26.3. The lowest BCUT2D eigenvalue weighted by atomic mass is 10.2. The van der Waals surface area contributed by atoms with Crippen LogP contribution in [0.15, 0.2) is 51.9 Å². The fourth-order valence-corrected chi connectivity index (χ4v) is 2.74. The molecule has 1 N–H and O–H groups in total. The number of Topliss-reactive ketones (excluding diaryl/α,β-unsaturated/α-hetero) is 1. The number of rotatable bonds is 3. The average molecular weight is 315 g/mol. The van der Waals surface area contributed by atoms with Crippen molar-refractivity contribution in [2.75, 3.05) is 0 Å². The highest BCUT2D eigenvalue weighted by Crippen LogP contribution is 2.06. The lowest BCUT2D eigenvalue weighted by Crippen LogP contribution is -2.20. The van der Waals surface area contributed by atoms with Crippen LogP contribution >= 0.6 is 11.3 Å². The molecule has 0 saturated heterocycles. The largest absolute Gasteiger partial charge is 0.461 e. The first-order valence-corrected chi connectivity index (χ1v) is 7.20. The molecule has 0 aliphatic heterocycles. The minimum absolute atomic E-state index is 0.189. The van der Waals surface area contributed by atoms with E-state index in [0.717, 1.165) is 11.3 Å². The van der Waals surface area contributed by atoms with Gasteiger partial charge in [-0.1, -0.05) is 18.2 Å². The monoisotopic (exact) mass is 315 g/mol. The van der Waals surface area contributed by atoms with E-state index in [2.05, 4.69) is 4.98 Å². The zero-order chi connectivity index (χ0) is 15.5. The maximum Gasteiger partial charge on any atom is 0.266 e. The van der Waals surface area contributed by atoms with Gasteiger partial charge in [0.15, 0.2) is 5.76 Å². The molecule has 2 aromatic heterocycles. The molecule has 0 saturated carbocycles. The number of aromatic amines is 1. The van der Waals surface area contributed by atoms with E-state index in [1.165, 1.54) is 30.5 Å². The molecule has 3 aromatic rings. The van der Waals surface area contributed by atoms with Gasteiger partial charge in [0.25, 0.3) is 5.56 Å². The Morgan fingerprint density at radius 1 is 1.23 bits per heavy atom. The number of hydrogen-bond donors (Lipinski definition) is 1. The van der Waals surface area contributed by atoms with Gasteiger partial charge >= 0.3 is 0 Å². The Bertz CT molecular complexity index is 983. The van der Waals surface area contributed by atoms with Crippen LogP contribution in [0.3, 0.4) is 0 Å². The Morgan fingerprint density at radius 2 is 2.05 bits per heavy atom. The molecule has 4 nitrogen and oxygen atoms in total. The predicted molar refractivity (Wildman–Crippen MR) is 81.7 cm³/mol. The topological polar surface area (TPSA) is 63.1 Å². The van der Waals surface area contributed by atoms with Crippen LogP contribution in [0.2, 0.25) is 0 Å². The number of aromatic nitrogens is 1. The molecule has 6 heteroatoms. The Balaban J connectivity index is 2.04. The summed E-state index contributed by atoms with van der Waals surface area (Å²) in [6.07, 6.45) is 4.13. The van der Waals surface area contributed by atoms with Crippen LogP contribution in [0.4, 0.5) is 4.39 Å². The number of halogens is 1. The molecule has 110 valence electrons. The normalized spacial score (nSPS) is 12.8. The second-order valence-corrected chi connectivity index (χ2v) is 5.52. The number of furan rings is 1. The first kappa shape index (κ1) is 14.2. The van der Waals surface area contributed by atoms with Crippen LogP contribution in [0.5, 0.6) is 0 Å². The molecule has 3 rings (SSSR count). The van der Waals surface area contributed by atoms with Gasteiger partial charge in [0, 0.05) is 11.6 Å². The smallest absolute Gasteiger partial charge is 0.266 e. The maximum absolute atomic E-state index is 13.6. The summed E-state index contributed by atoms with van der Waals surface area (Å²) < 4.78 is 19.3. The highest BCUT2D eigenvalue weighted by molar-refractivity contribution is 7.07. The van der Waals surface area contributed by atoms with E-state index in [-0.39, 0.29) is 17.1 Å². The summed E-state index contributed by atoms with van der Waals surface area (Å²) in [6, 6.07) is 9.30. The quantitative estimate of drug-likeness (QED) is 0.748. The minimum atomic E-state index is -0.410. The van der Waals surface area contributed by atoms with E-state index < -0.39 is 5.82 Å².